The number of aliphatic hydroxyl groups excluding tert-OH is 2. The zero-order valence-electron chi connectivity index (χ0n) is 23.9. The Bertz CT molecular complexity index is 1300. The Morgan fingerprint density at radius 1 is 1.02 bits per heavy atom. The molecule has 0 aromatic carbocycles. The zero-order chi connectivity index (χ0) is 31.6. The van der Waals surface area contributed by atoms with Gasteiger partial charge in [0.1, 0.15) is 24.2 Å². The maximum Gasteiger partial charge on any atom is 0.412 e. The van der Waals surface area contributed by atoms with Gasteiger partial charge in [-0.2, -0.15) is 9.97 Å². The molecule has 0 spiro atoms. The fraction of sp³-hybridized carbons (Fsp3) is 0.750. The fourth-order valence-electron chi connectivity index (χ4n) is 4.71. The lowest BCUT2D eigenvalue weighted by atomic mass is 10.1. The molecule has 3 rings (SSSR count). The maximum absolute atomic E-state index is 12.4. The molecule has 5 atom stereocenters. The number of unbranched alkanes of at least 4 members (excludes halogenated alkanes) is 9. The minimum Gasteiger partial charge on any atom is -0.449 e. The Labute approximate surface area is 254 Å². The molecule has 2 aromatic heterocycles. The zero-order valence-corrected chi connectivity index (χ0v) is 26.5. The molecule has 0 radical (unpaired) electrons. The molecule has 1 saturated heterocycles. The van der Waals surface area contributed by atoms with Crippen molar-refractivity contribution < 1.29 is 48.3 Å². The highest BCUT2D eigenvalue weighted by molar-refractivity contribution is 7.71. The standard InChI is InChI=1S/C24H41ClN6O10P2/c1-2-3-4-5-6-7-8-9-10-11-12-40-24(34)29-20-17-21(30-23(25)28-20)31(14-26-17)22-19(33)18(32)16(41-22)13-27-42(35,36)15-43(37,38)39/h14,16,18-19,22,32-33H,2-13,15H2,1H3,(H2,27,35,36)(H2,37,38,39)(H,28,29,30,34). The predicted octanol–water partition coefficient (Wildman–Crippen LogP) is 3.48. The van der Waals surface area contributed by atoms with Gasteiger partial charge in [0.05, 0.1) is 12.9 Å². The number of rotatable bonds is 18. The average molecular weight is 671 g/mol. The van der Waals surface area contributed by atoms with Crippen molar-refractivity contribution >= 4 is 49.8 Å². The molecular formula is C24H41ClN6O10P2. The Kier molecular flexibility index (Phi) is 13.8. The number of fused-ring (bicyclic) bond motifs is 1. The lowest BCUT2D eigenvalue weighted by Gasteiger charge is -2.19. The van der Waals surface area contributed by atoms with E-state index < -0.39 is 58.2 Å². The normalized spacial score (nSPS) is 22.1. The number of imidazole rings is 1. The van der Waals surface area contributed by atoms with Crippen LogP contribution in [0.25, 0.3) is 11.2 Å². The number of hydrogen-bond acceptors (Lipinski definition) is 10. The molecule has 0 saturated carbocycles. The lowest BCUT2D eigenvalue weighted by molar-refractivity contribution is -0.0331. The highest BCUT2D eigenvalue weighted by atomic mass is 35.5. The van der Waals surface area contributed by atoms with E-state index in [0.717, 1.165) is 25.7 Å². The van der Waals surface area contributed by atoms with Crippen molar-refractivity contribution in [2.24, 2.45) is 0 Å². The summed E-state index contributed by atoms with van der Waals surface area (Å²) in [6.45, 7) is 1.92. The Balaban J connectivity index is 1.53. The second-order valence-corrected chi connectivity index (χ2v) is 15.0. The summed E-state index contributed by atoms with van der Waals surface area (Å²) < 4.78 is 35.3. The first-order chi connectivity index (χ1) is 20.3. The summed E-state index contributed by atoms with van der Waals surface area (Å²) in [7, 11) is -9.27. The third kappa shape index (κ3) is 11.3. The molecule has 1 aliphatic rings. The van der Waals surface area contributed by atoms with Gasteiger partial charge in [-0.05, 0) is 18.0 Å². The molecule has 244 valence electrons. The number of nitrogens with zero attached hydrogens (tertiary/aromatic N) is 4. The summed E-state index contributed by atoms with van der Waals surface area (Å²) in [5.74, 6) is -1.36. The first kappa shape index (κ1) is 35.8. The smallest absolute Gasteiger partial charge is 0.412 e. The molecule has 43 heavy (non-hydrogen) atoms. The van der Waals surface area contributed by atoms with Gasteiger partial charge in [0.2, 0.25) is 5.28 Å². The summed E-state index contributed by atoms with van der Waals surface area (Å²) >= 11 is 6.07. The molecule has 0 bridgehead atoms. The quantitative estimate of drug-likeness (QED) is 0.0683. The van der Waals surface area contributed by atoms with E-state index in [9.17, 15) is 29.0 Å². The number of aliphatic hydroxyl groups is 2. The molecule has 1 aliphatic heterocycles. The van der Waals surface area contributed by atoms with E-state index in [1.54, 1.807) is 0 Å². The fourth-order valence-corrected chi connectivity index (χ4v) is 7.74. The second-order valence-electron chi connectivity index (χ2n) is 10.5. The summed E-state index contributed by atoms with van der Waals surface area (Å²) in [6.07, 6.45) is 6.29. The van der Waals surface area contributed by atoms with Crippen LogP contribution in [0.15, 0.2) is 6.33 Å². The third-order valence-corrected chi connectivity index (χ3v) is 10.7. The molecule has 19 heteroatoms. The number of carbonyl (C=O) groups excluding carboxylic acids is 1. The van der Waals surface area contributed by atoms with E-state index in [-0.39, 0.29) is 28.9 Å². The molecule has 2 aromatic rings. The van der Waals surface area contributed by atoms with Crippen LogP contribution in [-0.2, 0) is 18.6 Å². The molecule has 0 aliphatic carbocycles. The van der Waals surface area contributed by atoms with Crippen LogP contribution in [0, 0.1) is 0 Å². The van der Waals surface area contributed by atoms with Crippen molar-refractivity contribution in [2.45, 2.75) is 95.7 Å². The summed E-state index contributed by atoms with van der Waals surface area (Å²) in [5.41, 5.74) is 0.137. The number of hydrogen-bond donors (Lipinski definition) is 7. The summed E-state index contributed by atoms with van der Waals surface area (Å²) in [6, 6.07) is 0. The van der Waals surface area contributed by atoms with Crippen LogP contribution in [0.4, 0.5) is 10.6 Å². The van der Waals surface area contributed by atoms with Crippen LogP contribution in [0.5, 0.6) is 0 Å². The molecule has 3 heterocycles. The Hall–Kier alpha value is -1.71. The molecule has 7 N–H and O–H groups in total. The maximum atomic E-state index is 12.4. The van der Waals surface area contributed by atoms with Crippen LogP contribution in [0.2, 0.25) is 5.28 Å². The van der Waals surface area contributed by atoms with E-state index in [0.29, 0.717) is 0 Å². The lowest BCUT2D eigenvalue weighted by Crippen LogP contribution is -2.37. The van der Waals surface area contributed by atoms with Crippen molar-refractivity contribution in [3.05, 3.63) is 11.6 Å². The van der Waals surface area contributed by atoms with E-state index in [1.165, 1.54) is 49.4 Å². The van der Waals surface area contributed by atoms with Crippen molar-refractivity contribution in [3.63, 3.8) is 0 Å². The Morgan fingerprint density at radius 2 is 1.65 bits per heavy atom. The van der Waals surface area contributed by atoms with Gasteiger partial charge >= 0.3 is 13.7 Å². The highest BCUT2D eigenvalue weighted by Crippen LogP contribution is 2.52. The van der Waals surface area contributed by atoms with Gasteiger partial charge in [0, 0.05) is 6.54 Å². The van der Waals surface area contributed by atoms with Crippen LogP contribution in [0.1, 0.15) is 77.4 Å². The van der Waals surface area contributed by atoms with Crippen LogP contribution in [-0.4, -0.2) is 87.9 Å². The van der Waals surface area contributed by atoms with Crippen molar-refractivity contribution in [1.82, 2.24) is 24.6 Å². The van der Waals surface area contributed by atoms with Crippen molar-refractivity contribution in [2.75, 3.05) is 24.4 Å². The number of halogens is 1. The van der Waals surface area contributed by atoms with Gasteiger partial charge in [-0.15, -0.1) is 0 Å². The summed E-state index contributed by atoms with van der Waals surface area (Å²) in [4.78, 5) is 52.4. The van der Waals surface area contributed by atoms with Gasteiger partial charge in [-0.25, -0.2) is 14.9 Å². The second kappa shape index (κ2) is 16.6. The van der Waals surface area contributed by atoms with E-state index in [4.69, 9.17) is 30.9 Å². The van der Waals surface area contributed by atoms with Gasteiger partial charge in [0.25, 0.3) is 7.52 Å². The van der Waals surface area contributed by atoms with Gasteiger partial charge in [-0.3, -0.25) is 19.0 Å². The first-order valence-corrected chi connectivity index (χ1v) is 18.3. The molecule has 1 amide bonds. The molecule has 5 unspecified atom stereocenters. The predicted molar refractivity (Wildman–Crippen MR) is 158 cm³/mol. The SMILES string of the molecule is CCCCCCCCCCCCOC(=O)Nc1nc(Cl)nc2c1ncn2C1OC(CNP(=O)(O)CP(=O)(O)O)C(O)C1O. The largest absolute Gasteiger partial charge is 0.449 e. The monoisotopic (exact) mass is 670 g/mol. The van der Waals surface area contributed by atoms with E-state index >= 15 is 0 Å². The molecular weight excluding hydrogens is 630 g/mol. The van der Waals surface area contributed by atoms with Crippen molar-refractivity contribution in [1.29, 1.82) is 0 Å². The number of ether oxygens (including phenoxy) is 2. The number of anilines is 1. The van der Waals surface area contributed by atoms with Crippen LogP contribution < -0.4 is 10.4 Å². The number of amides is 1. The average Bonchev–Trinajstić information content (AvgIpc) is 3.45. The number of carbonyl (C=O) groups is 1. The van der Waals surface area contributed by atoms with Crippen molar-refractivity contribution in [3.8, 4) is 0 Å². The topological polar surface area (TPSA) is 238 Å². The minimum absolute atomic E-state index is 0.0455. The van der Waals surface area contributed by atoms with E-state index in [2.05, 4.69) is 32.3 Å². The third-order valence-electron chi connectivity index (χ3n) is 6.87. The number of nitrogens with one attached hydrogen (secondary N) is 2. The van der Waals surface area contributed by atoms with Crippen LogP contribution >= 0.6 is 26.7 Å². The molecule has 16 nitrogen and oxygen atoms in total. The van der Waals surface area contributed by atoms with Gasteiger partial charge in [0.15, 0.2) is 23.2 Å². The molecule has 1 fully saturated rings. The Morgan fingerprint density at radius 3 is 2.28 bits per heavy atom. The van der Waals surface area contributed by atoms with Gasteiger partial charge < -0.3 is 34.4 Å². The highest BCUT2D eigenvalue weighted by Gasteiger charge is 2.45. The number of aromatic nitrogens is 4. The minimum atomic E-state index is -4.80. The van der Waals surface area contributed by atoms with Gasteiger partial charge in [-0.1, -0.05) is 64.7 Å². The first-order valence-electron chi connectivity index (χ1n) is 14.3. The van der Waals surface area contributed by atoms with E-state index in [1.807, 2.05) is 0 Å². The van der Waals surface area contributed by atoms with Crippen LogP contribution in [0.3, 0.4) is 0 Å². The summed E-state index contributed by atoms with van der Waals surface area (Å²) in [5, 5.41) is 25.4.